The number of hydrogen-bond donors (Lipinski definition) is 0. The lowest BCUT2D eigenvalue weighted by Gasteiger charge is -2.38. The van der Waals surface area contributed by atoms with Gasteiger partial charge in [-0.05, 0) is 73.8 Å². The molecule has 0 saturated heterocycles. The van der Waals surface area contributed by atoms with Crippen molar-refractivity contribution in [1.29, 1.82) is 0 Å². The van der Waals surface area contributed by atoms with E-state index in [1.165, 1.54) is 96.0 Å². The first-order valence-corrected chi connectivity index (χ1v) is 13.4. The molecule has 0 aliphatic heterocycles. The van der Waals surface area contributed by atoms with Crippen molar-refractivity contribution in [1.82, 2.24) is 0 Å². The Kier molecular flexibility index (Phi) is 10.8. The van der Waals surface area contributed by atoms with Crippen LogP contribution in [0.15, 0.2) is 12.1 Å². The number of aryl methyl sites for hydroxylation is 1. The van der Waals surface area contributed by atoms with Crippen LogP contribution in [-0.2, 0) is 6.42 Å². The fourth-order valence-electron chi connectivity index (χ4n) is 6.24. The Labute approximate surface area is 197 Å². The van der Waals surface area contributed by atoms with E-state index in [2.05, 4.69) is 11.7 Å². The Morgan fingerprint density at radius 1 is 0.758 bits per heavy atom. The van der Waals surface area contributed by atoms with E-state index in [0.29, 0.717) is 12.3 Å². The van der Waals surface area contributed by atoms with E-state index in [1.807, 2.05) is 0 Å². The van der Waals surface area contributed by atoms with Gasteiger partial charge in [0.2, 0.25) is 5.82 Å². The van der Waals surface area contributed by atoms with Crippen molar-refractivity contribution in [3.05, 3.63) is 29.3 Å². The molecule has 5 heteroatoms. The molecule has 1 nitrogen and oxygen atoms in total. The highest BCUT2D eigenvalue weighted by molar-refractivity contribution is 5.31. The van der Waals surface area contributed by atoms with Crippen molar-refractivity contribution in [2.24, 2.45) is 23.7 Å². The molecule has 2 fully saturated rings. The van der Waals surface area contributed by atoms with E-state index in [0.717, 1.165) is 30.2 Å². The second kappa shape index (κ2) is 13.6. The van der Waals surface area contributed by atoms with Crippen molar-refractivity contribution in [3.63, 3.8) is 0 Å². The predicted octanol–water partition coefficient (Wildman–Crippen LogP) is 9.47. The van der Waals surface area contributed by atoms with Crippen molar-refractivity contribution in [2.45, 2.75) is 116 Å². The zero-order valence-electron chi connectivity index (χ0n) is 20.3. The third-order valence-electron chi connectivity index (χ3n) is 8.33. The average Bonchev–Trinajstić information content (AvgIpc) is 2.82. The maximum Gasteiger partial charge on any atom is 0.387 e. The summed E-state index contributed by atoms with van der Waals surface area (Å²) in [5.74, 6) is 0.130. The van der Waals surface area contributed by atoms with Gasteiger partial charge in [0, 0.05) is 0 Å². The number of alkyl halides is 2. The highest BCUT2D eigenvalue weighted by atomic mass is 19.3. The van der Waals surface area contributed by atoms with Gasteiger partial charge in [-0.3, -0.25) is 0 Å². The van der Waals surface area contributed by atoms with Crippen molar-refractivity contribution >= 4 is 0 Å². The lowest BCUT2D eigenvalue weighted by atomic mass is 9.68. The van der Waals surface area contributed by atoms with Crippen LogP contribution in [0.2, 0.25) is 0 Å². The number of ether oxygens (including phenoxy) is 1. The summed E-state index contributed by atoms with van der Waals surface area (Å²) >= 11 is 0. The summed E-state index contributed by atoms with van der Waals surface area (Å²) in [7, 11) is 0. The Morgan fingerprint density at radius 2 is 1.33 bits per heavy atom. The molecule has 0 heterocycles. The molecule has 0 bridgehead atoms. The van der Waals surface area contributed by atoms with E-state index in [4.69, 9.17) is 0 Å². The highest BCUT2D eigenvalue weighted by Gasteiger charge is 2.31. The summed E-state index contributed by atoms with van der Waals surface area (Å²) in [4.78, 5) is 0. The molecule has 0 aromatic heterocycles. The fraction of sp³-hybridized carbons (Fsp3) is 0.786. The predicted molar refractivity (Wildman–Crippen MR) is 126 cm³/mol. The zero-order chi connectivity index (χ0) is 23.6. The lowest BCUT2D eigenvalue weighted by Crippen LogP contribution is -2.26. The van der Waals surface area contributed by atoms with Crippen LogP contribution in [0, 0.1) is 35.3 Å². The average molecular weight is 471 g/mol. The first-order valence-electron chi connectivity index (χ1n) is 13.4. The number of halogens is 4. The molecule has 0 amide bonds. The summed E-state index contributed by atoms with van der Waals surface area (Å²) in [6.45, 7) is -0.893. The molecule has 0 radical (unpaired) electrons. The monoisotopic (exact) mass is 470 g/mol. The van der Waals surface area contributed by atoms with Crippen molar-refractivity contribution < 1.29 is 22.3 Å². The Morgan fingerprint density at radius 3 is 1.91 bits per heavy atom. The molecule has 1 aromatic carbocycles. The van der Waals surface area contributed by atoms with Crippen LogP contribution in [0.25, 0.3) is 0 Å². The summed E-state index contributed by atoms with van der Waals surface area (Å²) in [5, 5.41) is 0. The molecule has 1 aromatic rings. The Bertz CT molecular complexity index is 691. The normalized spacial score (nSPS) is 26.0. The van der Waals surface area contributed by atoms with Gasteiger partial charge in [-0.1, -0.05) is 77.2 Å². The zero-order valence-corrected chi connectivity index (χ0v) is 20.3. The number of benzene rings is 1. The van der Waals surface area contributed by atoms with Gasteiger partial charge in [0.15, 0.2) is 11.6 Å². The van der Waals surface area contributed by atoms with Crippen molar-refractivity contribution in [3.8, 4) is 5.75 Å². The maximum absolute atomic E-state index is 14.2. The van der Waals surface area contributed by atoms with E-state index in [9.17, 15) is 17.6 Å². The van der Waals surface area contributed by atoms with E-state index < -0.39 is 24.0 Å². The topological polar surface area (TPSA) is 9.23 Å². The third kappa shape index (κ3) is 8.17. The Balaban J connectivity index is 1.34. The van der Waals surface area contributed by atoms with Crippen LogP contribution in [0.4, 0.5) is 17.6 Å². The van der Waals surface area contributed by atoms with Crippen molar-refractivity contribution in [2.75, 3.05) is 0 Å². The summed E-state index contributed by atoms with van der Waals surface area (Å²) < 4.78 is 56.8. The summed E-state index contributed by atoms with van der Waals surface area (Å²) in [6, 6.07) is 2.49. The highest BCUT2D eigenvalue weighted by Crippen LogP contribution is 2.43. The molecule has 188 valence electrons. The molecule has 2 aliphatic rings. The smallest absolute Gasteiger partial charge is 0.387 e. The van der Waals surface area contributed by atoms with Crippen LogP contribution < -0.4 is 4.74 Å². The Hall–Kier alpha value is -1.26. The van der Waals surface area contributed by atoms with Crippen LogP contribution in [0.1, 0.15) is 109 Å². The van der Waals surface area contributed by atoms with Crippen LogP contribution in [-0.4, -0.2) is 6.61 Å². The van der Waals surface area contributed by atoms with E-state index in [-0.39, 0.29) is 5.56 Å². The van der Waals surface area contributed by atoms with Crippen LogP contribution in [0.5, 0.6) is 5.75 Å². The number of unbranched alkanes of at least 4 members (excludes halogenated alkanes) is 4. The van der Waals surface area contributed by atoms with Gasteiger partial charge in [0.25, 0.3) is 0 Å². The largest absolute Gasteiger partial charge is 0.432 e. The minimum absolute atomic E-state index is 0.254. The van der Waals surface area contributed by atoms with Gasteiger partial charge in [-0.25, -0.2) is 4.39 Å². The molecule has 0 unspecified atom stereocenters. The molecular weight excluding hydrogens is 428 g/mol. The van der Waals surface area contributed by atoms with Gasteiger partial charge < -0.3 is 4.74 Å². The number of rotatable bonds is 12. The van der Waals surface area contributed by atoms with Crippen LogP contribution >= 0.6 is 0 Å². The van der Waals surface area contributed by atoms with Gasteiger partial charge in [-0.2, -0.15) is 13.2 Å². The van der Waals surface area contributed by atoms with Gasteiger partial charge >= 0.3 is 6.61 Å². The quantitative estimate of drug-likeness (QED) is 0.218. The minimum Gasteiger partial charge on any atom is -0.432 e. The first-order chi connectivity index (χ1) is 16.0. The molecule has 33 heavy (non-hydrogen) atoms. The molecular formula is C28H42F4O. The maximum atomic E-state index is 14.2. The molecule has 2 aliphatic carbocycles. The van der Waals surface area contributed by atoms with Gasteiger partial charge in [0.05, 0.1) is 0 Å². The SMILES string of the molecule is CCCCCCC[C@H]1CC[C@H]([C@H]2CC[C@H](CCc3ccc(OC(F)F)c(F)c3F)CC2)CC1. The van der Waals surface area contributed by atoms with Crippen LogP contribution in [0.3, 0.4) is 0 Å². The second-order valence-corrected chi connectivity index (χ2v) is 10.5. The first kappa shape index (κ1) is 26.3. The van der Waals surface area contributed by atoms with E-state index in [1.54, 1.807) is 0 Å². The standard InChI is InChI=1S/C28H42F4O/c1-2-3-4-5-6-7-20-8-13-22(14-9-20)23-15-10-21(11-16-23)12-17-24-18-19-25(33-28(31)32)27(30)26(24)29/h18-23,28H,2-17H2,1H3/t20-,21-,22-,23-. The number of hydrogen-bond acceptors (Lipinski definition) is 1. The lowest BCUT2D eigenvalue weighted by molar-refractivity contribution is -0.0525. The summed E-state index contributed by atoms with van der Waals surface area (Å²) in [6.07, 6.45) is 20.1. The minimum atomic E-state index is -3.16. The molecule has 0 atom stereocenters. The fourth-order valence-corrected chi connectivity index (χ4v) is 6.24. The molecule has 0 N–H and O–H groups in total. The van der Waals surface area contributed by atoms with Gasteiger partial charge in [-0.15, -0.1) is 0 Å². The molecule has 3 rings (SSSR count). The summed E-state index contributed by atoms with van der Waals surface area (Å²) in [5.41, 5.74) is 0.254. The van der Waals surface area contributed by atoms with Gasteiger partial charge in [0.1, 0.15) is 0 Å². The molecule has 0 spiro atoms. The second-order valence-electron chi connectivity index (χ2n) is 10.5. The molecule has 2 saturated carbocycles. The van der Waals surface area contributed by atoms with E-state index >= 15 is 0 Å². The third-order valence-corrected chi connectivity index (χ3v) is 8.33.